The maximum Gasteiger partial charge on any atom is 0.355 e. The van der Waals surface area contributed by atoms with E-state index in [0.29, 0.717) is 11.3 Å². The van der Waals surface area contributed by atoms with Crippen LogP contribution in [-0.4, -0.2) is 36.0 Å². The number of aromatic amines is 1. The first kappa shape index (κ1) is 20.4. The van der Waals surface area contributed by atoms with Crippen LogP contribution in [0.5, 0.6) is 0 Å². The molecule has 0 aliphatic heterocycles. The predicted octanol–water partition coefficient (Wildman–Crippen LogP) is 3.40. The topological polar surface area (TPSA) is 97.5 Å². The van der Waals surface area contributed by atoms with E-state index in [1.54, 1.807) is 20.8 Å². The molecular weight excluding hydrogens is 379 g/mol. The van der Waals surface area contributed by atoms with Crippen molar-refractivity contribution in [3.63, 3.8) is 0 Å². The molecule has 0 spiro atoms. The number of ether oxygens (including phenoxy) is 2. The Morgan fingerprint density at radius 2 is 1.89 bits per heavy atom. The number of rotatable bonds is 6. The number of esters is 2. The summed E-state index contributed by atoms with van der Waals surface area (Å²) in [5.41, 5.74) is 0.924. The maximum atomic E-state index is 13.6. The van der Waals surface area contributed by atoms with Crippen LogP contribution in [0.4, 0.5) is 10.1 Å². The lowest BCUT2D eigenvalue weighted by atomic mass is 10.1. The van der Waals surface area contributed by atoms with E-state index in [9.17, 15) is 18.8 Å². The van der Waals surface area contributed by atoms with Crippen molar-refractivity contribution in [2.45, 2.75) is 20.8 Å². The molecule has 0 saturated heterocycles. The van der Waals surface area contributed by atoms with Gasteiger partial charge in [-0.3, -0.25) is 4.79 Å². The first-order valence-electron chi connectivity index (χ1n) is 8.02. The van der Waals surface area contributed by atoms with Crippen LogP contribution in [0.1, 0.15) is 39.0 Å². The van der Waals surface area contributed by atoms with E-state index in [4.69, 9.17) is 21.1 Å². The molecule has 0 aliphatic carbocycles. The Labute approximate surface area is 159 Å². The summed E-state index contributed by atoms with van der Waals surface area (Å²) >= 11 is 5.75. The molecule has 7 nitrogen and oxygen atoms in total. The molecule has 2 N–H and O–H groups in total. The number of H-pyrrole nitrogens is 1. The summed E-state index contributed by atoms with van der Waals surface area (Å²) in [5.74, 6) is -2.79. The highest BCUT2D eigenvalue weighted by Gasteiger charge is 2.24. The lowest BCUT2D eigenvalue weighted by Crippen LogP contribution is -2.22. The predicted molar refractivity (Wildman–Crippen MR) is 96.5 cm³/mol. The van der Waals surface area contributed by atoms with E-state index < -0.39 is 30.3 Å². The Morgan fingerprint density at radius 1 is 1.19 bits per heavy atom. The Morgan fingerprint density at radius 3 is 2.56 bits per heavy atom. The second-order valence-electron chi connectivity index (χ2n) is 5.59. The van der Waals surface area contributed by atoms with Gasteiger partial charge in [0.1, 0.15) is 11.5 Å². The number of carbonyl (C=O) groups excluding carboxylic acids is 3. The van der Waals surface area contributed by atoms with Gasteiger partial charge in [-0.2, -0.15) is 0 Å². The van der Waals surface area contributed by atoms with Crippen LogP contribution >= 0.6 is 11.6 Å². The summed E-state index contributed by atoms with van der Waals surface area (Å²) in [5, 5.41) is 2.51. The Kier molecular flexibility index (Phi) is 6.57. The number of hydrogen-bond acceptors (Lipinski definition) is 5. The van der Waals surface area contributed by atoms with Gasteiger partial charge in [-0.15, -0.1) is 0 Å². The van der Waals surface area contributed by atoms with Crippen molar-refractivity contribution in [3.8, 4) is 0 Å². The molecule has 0 atom stereocenters. The quantitative estimate of drug-likeness (QED) is 0.729. The standard InChI is InChI=1S/C18H18ClFN2O5/c1-4-26-18(25)16-9(2)15(10(3)21-16)17(24)27-8-14(23)22-13-7-11(19)5-6-12(13)20/h5-7,21H,4,8H2,1-3H3,(H,22,23). The second kappa shape index (κ2) is 8.68. The van der Waals surface area contributed by atoms with Crippen molar-refractivity contribution in [1.29, 1.82) is 0 Å². The molecular formula is C18H18ClFN2O5. The van der Waals surface area contributed by atoms with E-state index in [1.165, 1.54) is 12.1 Å². The number of carbonyl (C=O) groups is 3. The first-order chi connectivity index (χ1) is 12.7. The molecule has 144 valence electrons. The Hall–Kier alpha value is -2.87. The van der Waals surface area contributed by atoms with Crippen LogP contribution in [0, 0.1) is 19.7 Å². The first-order valence-corrected chi connectivity index (χ1v) is 8.40. The molecule has 0 aliphatic rings. The molecule has 9 heteroatoms. The van der Waals surface area contributed by atoms with Gasteiger partial charge < -0.3 is 19.8 Å². The summed E-state index contributed by atoms with van der Waals surface area (Å²) in [6.45, 7) is 4.38. The molecule has 0 fully saturated rings. The van der Waals surface area contributed by atoms with Gasteiger partial charge in [0.15, 0.2) is 6.61 Å². The minimum absolute atomic E-state index is 0.123. The average molecular weight is 397 g/mol. The van der Waals surface area contributed by atoms with Crippen molar-refractivity contribution in [2.75, 3.05) is 18.5 Å². The number of halogens is 2. The zero-order chi connectivity index (χ0) is 20.1. The van der Waals surface area contributed by atoms with Crippen molar-refractivity contribution >= 4 is 35.1 Å². The minimum Gasteiger partial charge on any atom is -0.461 e. The zero-order valence-electron chi connectivity index (χ0n) is 14.9. The highest BCUT2D eigenvalue weighted by Crippen LogP contribution is 2.21. The summed E-state index contributed by atoms with van der Waals surface area (Å²) in [4.78, 5) is 38.8. The average Bonchev–Trinajstić information content (AvgIpc) is 2.91. The zero-order valence-corrected chi connectivity index (χ0v) is 15.7. The van der Waals surface area contributed by atoms with E-state index in [-0.39, 0.29) is 28.6 Å². The maximum absolute atomic E-state index is 13.6. The third kappa shape index (κ3) is 4.85. The van der Waals surface area contributed by atoms with Crippen LogP contribution in [0.3, 0.4) is 0 Å². The summed E-state index contributed by atoms with van der Waals surface area (Å²) in [6.07, 6.45) is 0. The van der Waals surface area contributed by atoms with Crippen molar-refractivity contribution < 1.29 is 28.2 Å². The highest BCUT2D eigenvalue weighted by atomic mass is 35.5. The van der Waals surface area contributed by atoms with Gasteiger partial charge in [-0.25, -0.2) is 14.0 Å². The monoisotopic (exact) mass is 396 g/mol. The number of aromatic nitrogens is 1. The summed E-state index contributed by atoms with van der Waals surface area (Å²) in [7, 11) is 0. The third-order valence-electron chi connectivity index (χ3n) is 3.66. The van der Waals surface area contributed by atoms with Gasteiger partial charge in [0.2, 0.25) is 0 Å². The molecule has 1 amide bonds. The fourth-order valence-electron chi connectivity index (χ4n) is 2.45. The van der Waals surface area contributed by atoms with Gasteiger partial charge in [-0.1, -0.05) is 11.6 Å². The fourth-order valence-corrected chi connectivity index (χ4v) is 2.62. The van der Waals surface area contributed by atoms with Crippen LogP contribution in [0.15, 0.2) is 18.2 Å². The molecule has 0 bridgehead atoms. The SMILES string of the molecule is CCOC(=O)c1[nH]c(C)c(C(=O)OCC(=O)Nc2cc(Cl)ccc2F)c1C. The molecule has 0 radical (unpaired) electrons. The molecule has 0 saturated carbocycles. The van der Waals surface area contributed by atoms with Gasteiger partial charge in [-0.05, 0) is 44.5 Å². The Balaban J connectivity index is 2.04. The largest absolute Gasteiger partial charge is 0.461 e. The van der Waals surface area contributed by atoms with E-state index in [0.717, 1.165) is 6.07 Å². The second-order valence-corrected chi connectivity index (χ2v) is 6.03. The highest BCUT2D eigenvalue weighted by molar-refractivity contribution is 6.30. The van der Waals surface area contributed by atoms with Crippen LogP contribution in [0.2, 0.25) is 5.02 Å². The van der Waals surface area contributed by atoms with E-state index in [1.807, 2.05) is 0 Å². The van der Waals surface area contributed by atoms with Gasteiger partial charge in [0.05, 0.1) is 17.9 Å². The molecule has 2 aromatic rings. The molecule has 1 heterocycles. The van der Waals surface area contributed by atoms with Crippen LogP contribution in [-0.2, 0) is 14.3 Å². The number of anilines is 1. The lowest BCUT2D eigenvalue weighted by Gasteiger charge is -2.08. The normalized spacial score (nSPS) is 10.4. The van der Waals surface area contributed by atoms with E-state index in [2.05, 4.69) is 10.3 Å². The van der Waals surface area contributed by atoms with Gasteiger partial charge in [0.25, 0.3) is 5.91 Å². The van der Waals surface area contributed by atoms with Crippen molar-refractivity contribution in [3.05, 3.63) is 51.6 Å². The third-order valence-corrected chi connectivity index (χ3v) is 3.89. The number of hydrogen-bond donors (Lipinski definition) is 2. The van der Waals surface area contributed by atoms with Crippen LogP contribution < -0.4 is 5.32 Å². The number of aryl methyl sites for hydroxylation is 1. The summed E-state index contributed by atoms with van der Waals surface area (Å²) in [6, 6.07) is 3.68. The Bertz CT molecular complexity index is 894. The van der Waals surface area contributed by atoms with Crippen molar-refractivity contribution in [1.82, 2.24) is 4.98 Å². The van der Waals surface area contributed by atoms with Gasteiger partial charge >= 0.3 is 11.9 Å². The molecule has 2 rings (SSSR count). The molecule has 1 aromatic carbocycles. The van der Waals surface area contributed by atoms with Crippen molar-refractivity contribution in [2.24, 2.45) is 0 Å². The molecule has 1 aromatic heterocycles. The van der Waals surface area contributed by atoms with Crippen LogP contribution in [0.25, 0.3) is 0 Å². The van der Waals surface area contributed by atoms with E-state index >= 15 is 0 Å². The molecule has 27 heavy (non-hydrogen) atoms. The smallest absolute Gasteiger partial charge is 0.355 e. The molecule has 0 unspecified atom stereocenters. The number of nitrogens with one attached hydrogen (secondary N) is 2. The lowest BCUT2D eigenvalue weighted by molar-refractivity contribution is -0.119. The van der Waals surface area contributed by atoms with Gasteiger partial charge in [0, 0.05) is 10.7 Å². The number of amides is 1. The summed E-state index contributed by atoms with van der Waals surface area (Å²) < 4.78 is 23.5. The number of benzene rings is 1. The minimum atomic E-state index is -0.793. The fraction of sp³-hybridized carbons (Fsp3) is 0.278.